The molecule has 2 bridgehead atoms. The smallest absolute Gasteiger partial charge is 0.329 e. The Bertz CT molecular complexity index is 929. The molecule has 132 valence electrons. The quantitative estimate of drug-likeness (QED) is 0.886. The number of rotatable bonds is 4. The van der Waals surface area contributed by atoms with E-state index in [4.69, 9.17) is 0 Å². The van der Waals surface area contributed by atoms with Gasteiger partial charge in [-0.1, -0.05) is 18.6 Å². The summed E-state index contributed by atoms with van der Waals surface area (Å²) in [7, 11) is 0. The van der Waals surface area contributed by atoms with Crippen molar-refractivity contribution in [3.63, 3.8) is 0 Å². The summed E-state index contributed by atoms with van der Waals surface area (Å²) in [6, 6.07) is 6.96. The highest BCUT2D eigenvalue weighted by Crippen LogP contribution is 2.49. The molecule has 2 aliphatic carbocycles. The molecule has 2 aliphatic rings. The lowest BCUT2D eigenvalue weighted by Gasteiger charge is -2.28. The summed E-state index contributed by atoms with van der Waals surface area (Å²) in [6.45, 7) is 1.98. The first-order valence-corrected chi connectivity index (χ1v) is 9.04. The first-order valence-electron chi connectivity index (χ1n) is 9.04. The molecule has 1 heterocycles. The second-order valence-electron chi connectivity index (χ2n) is 7.56. The molecule has 6 heteroatoms. The summed E-state index contributed by atoms with van der Waals surface area (Å²) in [5.74, 6) is 1.93. The van der Waals surface area contributed by atoms with Crippen molar-refractivity contribution in [1.29, 1.82) is 0 Å². The maximum absolute atomic E-state index is 12.5. The third kappa shape index (κ3) is 2.90. The predicted octanol–water partition coefficient (Wildman–Crippen LogP) is 1.63. The Kier molecular flexibility index (Phi) is 3.98. The number of aromatic amines is 1. The number of hydrogen-bond donors (Lipinski definition) is 2. The highest BCUT2D eigenvalue weighted by Gasteiger charge is 2.42. The summed E-state index contributed by atoms with van der Waals surface area (Å²) >= 11 is 0. The molecule has 6 nitrogen and oxygen atoms in total. The Hall–Kier alpha value is -2.37. The van der Waals surface area contributed by atoms with Gasteiger partial charge in [-0.3, -0.25) is 19.1 Å². The van der Waals surface area contributed by atoms with Gasteiger partial charge in [-0.15, -0.1) is 0 Å². The molecule has 0 spiro atoms. The average molecular weight is 341 g/mol. The number of H-pyrrole nitrogens is 1. The van der Waals surface area contributed by atoms with E-state index in [-0.39, 0.29) is 18.5 Å². The van der Waals surface area contributed by atoms with Gasteiger partial charge in [-0.25, -0.2) is 4.79 Å². The lowest BCUT2D eigenvalue weighted by Crippen LogP contribution is -2.43. The van der Waals surface area contributed by atoms with E-state index in [0.29, 0.717) is 16.8 Å². The number of hydrogen-bond acceptors (Lipinski definition) is 3. The Labute approximate surface area is 145 Å². The predicted molar refractivity (Wildman–Crippen MR) is 95.4 cm³/mol. The second-order valence-corrected chi connectivity index (χ2v) is 7.56. The number of nitrogens with one attached hydrogen (secondary N) is 2. The van der Waals surface area contributed by atoms with Crippen molar-refractivity contribution in [3.05, 3.63) is 45.1 Å². The van der Waals surface area contributed by atoms with Crippen molar-refractivity contribution in [3.8, 4) is 0 Å². The highest BCUT2D eigenvalue weighted by atomic mass is 16.2. The molecule has 2 aromatic rings. The van der Waals surface area contributed by atoms with Crippen LogP contribution in [0.4, 0.5) is 0 Å². The first kappa shape index (κ1) is 16.1. The monoisotopic (exact) mass is 341 g/mol. The molecule has 2 N–H and O–H groups in total. The fourth-order valence-corrected chi connectivity index (χ4v) is 4.86. The number of carbonyl (C=O) groups is 1. The van der Waals surface area contributed by atoms with Crippen LogP contribution in [0.3, 0.4) is 0 Å². The van der Waals surface area contributed by atoms with E-state index in [1.54, 1.807) is 24.3 Å². The van der Waals surface area contributed by atoms with Crippen LogP contribution in [0.2, 0.25) is 0 Å². The van der Waals surface area contributed by atoms with Crippen LogP contribution < -0.4 is 16.6 Å². The maximum atomic E-state index is 12.5. The van der Waals surface area contributed by atoms with Crippen molar-refractivity contribution in [1.82, 2.24) is 14.9 Å². The summed E-state index contributed by atoms with van der Waals surface area (Å²) in [6.07, 6.45) is 5.11. The third-order valence-electron chi connectivity index (χ3n) is 6.03. The van der Waals surface area contributed by atoms with Crippen LogP contribution >= 0.6 is 0 Å². The molecule has 25 heavy (non-hydrogen) atoms. The molecule has 4 atom stereocenters. The van der Waals surface area contributed by atoms with Gasteiger partial charge in [-0.05, 0) is 56.1 Å². The number of nitrogens with zero attached hydrogens (tertiary/aromatic N) is 1. The molecular formula is C19H23N3O3. The van der Waals surface area contributed by atoms with Gasteiger partial charge in [0.25, 0.3) is 5.56 Å². The molecule has 0 radical (unpaired) electrons. The first-order chi connectivity index (χ1) is 12.0. The van der Waals surface area contributed by atoms with E-state index in [1.165, 1.54) is 30.3 Å². The minimum Gasteiger partial charge on any atom is -0.352 e. The number of para-hydroxylation sites is 1. The molecule has 1 aromatic carbocycles. The normalized spacial score (nSPS) is 26.0. The summed E-state index contributed by atoms with van der Waals surface area (Å²) in [5.41, 5.74) is -0.488. The Morgan fingerprint density at radius 3 is 2.80 bits per heavy atom. The van der Waals surface area contributed by atoms with Crippen molar-refractivity contribution in [2.75, 3.05) is 0 Å². The Morgan fingerprint density at radius 2 is 2.08 bits per heavy atom. The molecule has 1 aromatic heterocycles. The van der Waals surface area contributed by atoms with Crippen molar-refractivity contribution < 1.29 is 4.79 Å². The molecule has 1 amide bonds. The zero-order valence-corrected chi connectivity index (χ0v) is 14.3. The zero-order valence-electron chi connectivity index (χ0n) is 14.3. The molecule has 2 fully saturated rings. The number of amides is 1. The molecule has 4 rings (SSSR count). The summed E-state index contributed by atoms with van der Waals surface area (Å²) in [4.78, 5) is 38.8. The number of benzene rings is 1. The average Bonchev–Trinajstić information content (AvgIpc) is 3.22. The van der Waals surface area contributed by atoms with E-state index in [2.05, 4.69) is 17.2 Å². The fourth-order valence-electron chi connectivity index (χ4n) is 4.86. The third-order valence-corrected chi connectivity index (χ3v) is 6.03. The maximum Gasteiger partial charge on any atom is 0.329 e. The largest absolute Gasteiger partial charge is 0.352 e. The van der Waals surface area contributed by atoms with Crippen LogP contribution in [0.5, 0.6) is 0 Å². The topological polar surface area (TPSA) is 84.0 Å². The van der Waals surface area contributed by atoms with Crippen molar-refractivity contribution in [2.24, 2.45) is 17.8 Å². The van der Waals surface area contributed by atoms with Gasteiger partial charge in [0, 0.05) is 6.04 Å². The van der Waals surface area contributed by atoms with Gasteiger partial charge in [0.05, 0.1) is 10.9 Å². The molecule has 0 unspecified atom stereocenters. The number of carbonyl (C=O) groups excluding carboxylic acids is 1. The van der Waals surface area contributed by atoms with Crippen LogP contribution in [-0.2, 0) is 11.3 Å². The zero-order chi connectivity index (χ0) is 17.6. The number of fused-ring (bicyclic) bond motifs is 3. The van der Waals surface area contributed by atoms with Crippen LogP contribution in [0.15, 0.2) is 33.9 Å². The van der Waals surface area contributed by atoms with E-state index in [0.717, 1.165) is 11.8 Å². The van der Waals surface area contributed by atoms with Crippen LogP contribution in [0.25, 0.3) is 10.9 Å². The highest BCUT2D eigenvalue weighted by molar-refractivity contribution is 5.81. The fraction of sp³-hybridized carbons (Fsp3) is 0.526. The van der Waals surface area contributed by atoms with Crippen molar-refractivity contribution >= 4 is 16.8 Å². The Balaban J connectivity index is 1.52. The minimum atomic E-state index is -0.550. The van der Waals surface area contributed by atoms with Gasteiger partial charge in [0.2, 0.25) is 5.91 Å². The molecule has 2 saturated carbocycles. The van der Waals surface area contributed by atoms with Crippen molar-refractivity contribution in [2.45, 2.75) is 45.2 Å². The van der Waals surface area contributed by atoms with Gasteiger partial charge < -0.3 is 5.32 Å². The van der Waals surface area contributed by atoms with Crippen LogP contribution in [-0.4, -0.2) is 21.5 Å². The van der Waals surface area contributed by atoms with E-state index in [9.17, 15) is 14.4 Å². The molecule has 0 saturated heterocycles. The summed E-state index contributed by atoms with van der Waals surface area (Å²) in [5, 5.41) is 3.48. The molecule has 0 aliphatic heterocycles. The van der Waals surface area contributed by atoms with E-state index >= 15 is 0 Å². The molecular weight excluding hydrogens is 318 g/mol. The lowest BCUT2D eigenvalue weighted by molar-refractivity contribution is -0.122. The Morgan fingerprint density at radius 1 is 1.28 bits per heavy atom. The van der Waals surface area contributed by atoms with Crippen LogP contribution in [0.1, 0.15) is 32.6 Å². The van der Waals surface area contributed by atoms with Gasteiger partial charge in [0.15, 0.2) is 0 Å². The summed E-state index contributed by atoms with van der Waals surface area (Å²) < 4.78 is 1.33. The second kappa shape index (κ2) is 6.17. The number of aromatic nitrogens is 2. The van der Waals surface area contributed by atoms with Gasteiger partial charge >= 0.3 is 5.69 Å². The van der Waals surface area contributed by atoms with E-state index < -0.39 is 11.2 Å². The van der Waals surface area contributed by atoms with Gasteiger partial charge in [-0.2, -0.15) is 0 Å². The van der Waals surface area contributed by atoms with Crippen LogP contribution in [0, 0.1) is 17.8 Å². The lowest BCUT2D eigenvalue weighted by atomic mass is 9.84. The SMILES string of the molecule is C[C@H](NC(=O)Cn1c(=O)[nH]c(=O)c2ccccc21)[C@H]1C[C@H]2CC[C@H]1C2. The minimum absolute atomic E-state index is 0.0821. The standard InChI is InChI=1S/C19H23N3O3/c1-11(15-9-12-6-7-13(15)8-12)20-17(23)10-22-16-5-3-2-4-14(16)18(24)21-19(22)25/h2-5,11-13,15H,6-10H2,1H3,(H,20,23)(H,21,24,25)/t11-,12-,13-,15+/m0/s1. The van der Waals surface area contributed by atoms with Gasteiger partial charge in [0.1, 0.15) is 6.54 Å². The van der Waals surface area contributed by atoms with E-state index in [1.807, 2.05) is 0 Å².